The second-order valence-electron chi connectivity index (χ2n) is 4.62. The van der Waals surface area contributed by atoms with Gasteiger partial charge in [-0.2, -0.15) is 0 Å². The van der Waals surface area contributed by atoms with Gasteiger partial charge in [-0.3, -0.25) is 5.10 Å². The summed E-state index contributed by atoms with van der Waals surface area (Å²) in [6.45, 7) is 7.89. The highest BCUT2D eigenvalue weighted by Crippen LogP contribution is 2.19. The molecule has 0 aliphatic rings. The van der Waals surface area contributed by atoms with Crippen molar-refractivity contribution in [3.63, 3.8) is 0 Å². The van der Waals surface area contributed by atoms with E-state index < -0.39 is 0 Å². The van der Waals surface area contributed by atoms with E-state index in [9.17, 15) is 0 Å². The topological polar surface area (TPSA) is 62.8 Å². The number of ether oxygens (including phenoxy) is 1. The van der Waals surface area contributed by atoms with E-state index in [2.05, 4.69) is 33.5 Å². The van der Waals surface area contributed by atoms with Crippen LogP contribution < -0.4 is 10.1 Å². The van der Waals surface area contributed by atoms with E-state index in [-0.39, 0.29) is 0 Å². The van der Waals surface area contributed by atoms with Gasteiger partial charge in [0.25, 0.3) is 0 Å². The van der Waals surface area contributed by atoms with Crippen LogP contribution in [0, 0.1) is 13.8 Å². The van der Waals surface area contributed by atoms with Crippen molar-refractivity contribution < 1.29 is 4.74 Å². The van der Waals surface area contributed by atoms with Crippen LogP contribution in [0.2, 0.25) is 0 Å². The van der Waals surface area contributed by atoms with Gasteiger partial charge >= 0.3 is 0 Å². The Morgan fingerprint density at radius 2 is 2.05 bits per heavy atom. The Labute approximate surface area is 113 Å². The van der Waals surface area contributed by atoms with Crippen LogP contribution >= 0.6 is 0 Å². The molecule has 2 rings (SSSR count). The summed E-state index contributed by atoms with van der Waals surface area (Å²) in [6.07, 6.45) is 1.12. The third kappa shape index (κ3) is 4.06. The number of hydrogen-bond acceptors (Lipinski definition) is 4. The van der Waals surface area contributed by atoms with E-state index in [1.165, 1.54) is 5.56 Å². The fraction of sp³-hybridized carbons (Fsp3) is 0.429. The number of hydrogen-bond donors (Lipinski definition) is 2. The van der Waals surface area contributed by atoms with Gasteiger partial charge in [-0.25, -0.2) is 4.98 Å². The molecule has 2 aromatic heterocycles. The summed E-state index contributed by atoms with van der Waals surface area (Å²) in [6, 6.07) is 5.85. The molecular formula is C14H20N4O. The number of nitrogens with one attached hydrogen (secondary N) is 2. The highest BCUT2D eigenvalue weighted by atomic mass is 16.5. The standard InChI is InChI=1S/C14H20N4O/c1-4-5-15-9-12-6-10(2)16-13(8-12)19-14-7-11(3)17-18-14/h6-8,15H,4-5,9H2,1-3H3,(H,17,18). The molecule has 0 bridgehead atoms. The molecule has 2 aromatic rings. The van der Waals surface area contributed by atoms with Crippen LogP contribution in [0.1, 0.15) is 30.3 Å². The minimum Gasteiger partial charge on any atom is -0.419 e. The molecule has 102 valence electrons. The van der Waals surface area contributed by atoms with Crippen LogP contribution in [0.15, 0.2) is 18.2 Å². The fourth-order valence-electron chi connectivity index (χ4n) is 1.82. The van der Waals surface area contributed by atoms with Crippen LogP contribution in [-0.2, 0) is 6.54 Å². The Morgan fingerprint density at radius 3 is 2.74 bits per heavy atom. The van der Waals surface area contributed by atoms with E-state index in [4.69, 9.17) is 4.74 Å². The van der Waals surface area contributed by atoms with E-state index in [1.807, 2.05) is 26.0 Å². The lowest BCUT2D eigenvalue weighted by Crippen LogP contribution is -2.14. The van der Waals surface area contributed by atoms with Gasteiger partial charge < -0.3 is 10.1 Å². The van der Waals surface area contributed by atoms with Crippen molar-refractivity contribution in [1.82, 2.24) is 20.5 Å². The summed E-state index contributed by atoms with van der Waals surface area (Å²) < 4.78 is 5.65. The average molecular weight is 260 g/mol. The lowest BCUT2D eigenvalue weighted by atomic mass is 10.2. The van der Waals surface area contributed by atoms with Crippen LogP contribution in [0.5, 0.6) is 11.8 Å². The van der Waals surface area contributed by atoms with E-state index in [1.54, 1.807) is 0 Å². The largest absolute Gasteiger partial charge is 0.419 e. The number of aromatic amines is 1. The number of H-pyrrole nitrogens is 1. The van der Waals surface area contributed by atoms with Crippen LogP contribution in [0.4, 0.5) is 0 Å². The van der Waals surface area contributed by atoms with E-state index >= 15 is 0 Å². The normalized spacial score (nSPS) is 10.7. The Morgan fingerprint density at radius 1 is 1.21 bits per heavy atom. The first-order chi connectivity index (χ1) is 9.17. The van der Waals surface area contributed by atoms with Gasteiger partial charge in [0.2, 0.25) is 11.8 Å². The molecule has 5 nitrogen and oxygen atoms in total. The highest BCUT2D eigenvalue weighted by molar-refractivity contribution is 5.27. The van der Waals surface area contributed by atoms with Crippen molar-refractivity contribution in [2.75, 3.05) is 6.54 Å². The molecule has 0 saturated heterocycles. The van der Waals surface area contributed by atoms with Crippen molar-refractivity contribution in [2.45, 2.75) is 33.7 Å². The first kappa shape index (κ1) is 13.5. The maximum absolute atomic E-state index is 5.65. The smallest absolute Gasteiger partial charge is 0.240 e. The molecule has 0 aliphatic carbocycles. The zero-order chi connectivity index (χ0) is 13.7. The van der Waals surface area contributed by atoms with Crippen LogP contribution in [0.25, 0.3) is 0 Å². The van der Waals surface area contributed by atoms with Crippen molar-refractivity contribution in [1.29, 1.82) is 0 Å². The predicted molar refractivity (Wildman–Crippen MR) is 74.4 cm³/mol. The third-order valence-corrected chi connectivity index (χ3v) is 2.64. The van der Waals surface area contributed by atoms with Crippen molar-refractivity contribution >= 4 is 0 Å². The minimum atomic E-state index is 0.545. The summed E-state index contributed by atoms with van der Waals surface area (Å²) in [4.78, 5) is 4.36. The van der Waals surface area contributed by atoms with E-state index in [0.717, 1.165) is 30.9 Å². The lowest BCUT2D eigenvalue weighted by molar-refractivity contribution is 0.441. The van der Waals surface area contributed by atoms with Gasteiger partial charge in [0.15, 0.2) is 0 Å². The van der Waals surface area contributed by atoms with Gasteiger partial charge in [0.1, 0.15) is 0 Å². The fourth-order valence-corrected chi connectivity index (χ4v) is 1.82. The number of rotatable bonds is 6. The Bertz CT molecular complexity index is 536. The Hall–Kier alpha value is -1.88. The molecule has 0 spiro atoms. The highest BCUT2D eigenvalue weighted by Gasteiger charge is 2.05. The second kappa shape index (κ2) is 6.33. The number of nitrogens with zero attached hydrogens (tertiary/aromatic N) is 2. The molecule has 0 fully saturated rings. The SMILES string of the molecule is CCCNCc1cc(C)nc(Oc2cc(C)[nH]n2)c1. The minimum absolute atomic E-state index is 0.545. The first-order valence-corrected chi connectivity index (χ1v) is 6.55. The molecule has 19 heavy (non-hydrogen) atoms. The van der Waals surface area contributed by atoms with Gasteiger partial charge in [0, 0.05) is 30.1 Å². The second-order valence-corrected chi connectivity index (χ2v) is 4.62. The van der Waals surface area contributed by atoms with Crippen molar-refractivity contribution in [3.05, 3.63) is 35.2 Å². The number of aryl methyl sites for hydroxylation is 2. The molecule has 0 saturated carbocycles. The zero-order valence-corrected chi connectivity index (χ0v) is 11.7. The van der Waals surface area contributed by atoms with Gasteiger partial charge in [-0.1, -0.05) is 6.92 Å². The molecule has 2 heterocycles. The zero-order valence-electron chi connectivity index (χ0n) is 11.7. The summed E-state index contributed by atoms with van der Waals surface area (Å²) in [5, 5.41) is 10.3. The van der Waals surface area contributed by atoms with Crippen LogP contribution in [0.3, 0.4) is 0 Å². The molecule has 5 heteroatoms. The predicted octanol–water partition coefficient (Wildman–Crippen LogP) is 2.71. The van der Waals surface area contributed by atoms with Crippen LogP contribution in [-0.4, -0.2) is 21.7 Å². The Balaban J connectivity index is 2.07. The van der Waals surface area contributed by atoms with Gasteiger partial charge in [0.05, 0.1) is 0 Å². The molecule has 0 unspecified atom stereocenters. The molecule has 0 aromatic carbocycles. The lowest BCUT2D eigenvalue weighted by Gasteiger charge is -2.07. The summed E-state index contributed by atoms with van der Waals surface area (Å²) >= 11 is 0. The molecule has 2 N–H and O–H groups in total. The summed E-state index contributed by atoms with van der Waals surface area (Å²) in [7, 11) is 0. The van der Waals surface area contributed by atoms with Crippen molar-refractivity contribution in [3.8, 4) is 11.8 Å². The van der Waals surface area contributed by atoms with Gasteiger partial charge in [-0.05, 0) is 38.4 Å². The summed E-state index contributed by atoms with van der Waals surface area (Å²) in [5.74, 6) is 1.13. The molecule has 0 radical (unpaired) electrons. The third-order valence-electron chi connectivity index (χ3n) is 2.64. The first-order valence-electron chi connectivity index (χ1n) is 6.55. The molecule has 0 atom stereocenters. The number of pyridine rings is 1. The Kier molecular flexibility index (Phi) is 4.52. The average Bonchev–Trinajstić information content (AvgIpc) is 2.74. The molecule has 0 aliphatic heterocycles. The molecular weight excluding hydrogens is 240 g/mol. The number of aromatic nitrogens is 3. The van der Waals surface area contributed by atoms with E-state index in [0.29, 0.717) is 11.8 Å². The monoisotopic (exact) mass is 260 g/mol. The maximum Gasteiger partial charge on any atom is 0.240 e. The van der Waals surface area contributed by atoms with Gasteiger partial charge in [-0.15, -0.1) is 5.10 Å². The quantitative estimate of drug-likeness (QED) is 0.784. The van der Waals surface area contributed by atoms with Crippen molar-refractivity contribution in [2.24, 2.45) is 0 Å². The molecule has 0 amide bonds. The maximum atomic E-state index is 5.65. The summed E-state index contributed by atoms with van der Waals surface area (Å²) in [5.41, 5.74) is 3.08.